The standard InChI is InChI=1S/C22H34N6O2/c1-5-23-22(24-12-6-7-20-25-21(17(2)3)26-30-20)28-15-13-27(14-16-28)18-8-10-19(29-4)11-9-18/h8-11,17H,5-7,12-16H2,1-4H3,(H,23,24). The number of methoxy groups -OCH3 is 1. The molecule has 1 aliphatic rings. The van der Waals surface area contributed by atoms with Crippen molar-refractivity contribution >= 4 is 11.6 Å². The molecule has 0 aliphatic carbocycles. The first-order valence-electron chi connectivity index (χ1n) is 10.9. The van der Waals surface area contributed by atoms with Crippen LogP contribution in [-0.2, 0) is 6.42 Å². The van der Waals surface area contributed by atoms with Crippen LogP contribution >= 0.6 is 0 Å². The van der Waals surface area contributed by atoms with E-state index in [1.165, 1.54) is 5.69 Å². The smallest absolute Gasteiger partial charge is 0.226 e. The molecule has 30 heavy (non-hydrogen) atoms. The molecule has 1 aromatic heterocycles. The maximum Gasteiger partial charge on any atom is 0.226 e. The third kappa shape index (κ3) is 5.87. The highest BCUT2D eigenvalue weighted by atomic mass is 16.5. The molecule has 0 spiro atoms. The minimum Gasteiger partial charge on any atom is -0.497 e. The summed E-state index contributed by atoms with van der Waals surface area (Å²) in [5.74, 6) is 3.64. The molecule has 0 radical (unpaired) electrons. The van der Waals surface area contributed by atoms with Crippen LogP contribution in [0.15, 0.2) is 33.8 Å². The molecule has 0 bridgehead atoms. The average Bonchev–Trinajstić information content (AvgIpc) is 3.25. The first-order chi connectivity index (χ1) is 14.6. The van der Waals surface area contributed by atoms with Crippen LogP contribution in [-0.4, -0.2) is 67.4 Å². The van der Waals surface area contributed by atoms with Crippen LogP contribution in [0.5, 0.6) is 5.75 Å². The van der Waals surface area contributed by atoms with Gasteiger partial charge in [-0.3, -0.25) is 4.99 Å². The van der Waals surface area contributed by atoms with E-state index < -0.39 is 0 Å². The van der Waals surface area contributed by atoms with Crippen LogP contribution < -0.4 is 15.0 Å². The van der Waals surface area contributed by atoms with Gasteiger partial charge in [-0.25, -0.2) is 0 Å². The zero-order chi connectivity index (χ0) is 21.3. The summed E-state index contributed by atoms with van der Waals surface area (Å²) < 4.78 is 10.6. The predicted molar refractivity (Wildman–Crippen MR) is 119 cm³/mol. The SMILES string of the molecule is CCNC(=NCCCc1nc(C(C)C)no1)N1CCN(c2ccc(OC)cc2)CC1. The van der Waals surface area contributed by atoms with Crippen molar-refractivity contribution in [3.63, 3.8) is 0 Å². The number of anilines is 1. The van der Waals surface area contributed by atoms with Gasteiger partial charge in [-0.05, 0) is 37.6 Å². The van der Waals surface area contributed by atoms with Gasteiger partial charge in [0.25, 0.3) is 0 Å². The van der Waals surface area contributed by atoms with Crippen molar-refractivity contribution in [1.82, 2.24) is 20.4 Å². The van der Waals surface area contributed by atoms with Gasteiger partial charge in [-0.2, -0.15) is 4.98 Å². The number of nitrogens with zero attached hydrogens (tertiary/aromatic N) is 5. The molecular weight excluding hydrogens is 380 g/mol. The molecular formula is C22H34N6O2. The lowest BCUT2D eigenvalue weighted by Gasteiger charge is -2.37. The van der Waals surface area contributed by atoms with Gasteiger partial charge in [-0.15, -0.1) is 0 Å². The number of rotatable bonds is 8. The second-order valence-electron chi connectivity index (χ2n) is 7.71. The molecule has 1 aliphatic heterocycles. The summed E-state index contributed by atoms with van der Waals surface area (Å²) in [6.45, 7) is 11.7. The lowest BCUT2D eigenvalue weighted by atomic mass is 10.2. The summed E-state index contributed by atoms with van der Waals surface area (Å²) in [7, 11) is 1.69. The van der Waals surface area contributed by atoms with Crippen molar-refractivity contribution in [2.75, 3.05) is 51.3 Å². The Bertz CT molecular complexity index is 794. The van der Waals surface area contributed by atoms with Gasteiger partial charge in [0.05, 0.1) is 7.11 Å². The number of aromatic nitrogens is 2. The zero-order valence-corrected chi connectivity index (χ0v) is 18.6. The first-order valence-corrected chi connectivity index (χ1v) is 10.9. The molecule has 1 N–H and O–H groups in total. The number of hydrogen-bond donors (Lipinski definition) is 1. The summed E-state index contributed by atoms with van der Waals surface area (Å²) in [5.41, 5.74) is 1.23. The number of guanidine groups is 1. The fourth-order valence-corrected chi connectivity index (χ4v) is 3.41. The van der Waals surface area contributed by atoms with Crippen LogP contribution in [0.25, 0.3) is 0 Å². The summed E-state index contributed by atoms with van der Waals surface area (Å²) >= 11 is 0. The third-order valence-corrected chi connectivity index (χ3v) is 5.16. The lowest BCUT2D eigenvalue weighted by Crippen LogP contribution is -2.52. The molecule has 0 saturated carbocycles. The van der Waals surface area contributed by atoms with E-state index in [2.05, 4.69) is 58.2 Å². The lowest BCUT2D eigenvalue weighted by molar-refractivity contribution is 0.366. The van der Waals surface area contributed by atoms with E-state index in [-0.39, 0.29) is 5.92 Å². The summed E-state index contributed by atoms with van der Waals surface area (Å²) in [4.78, 5) is 14.0. The molecule has 8 nitrogen and oxygen atoms in total. The summed E-state index contributed by atoms with van der Waals surface area (Å²) in [5, 5.41) is 7.45. The topological polar surface area (TPSA) is 79.0 Å². The largest absolute Gasteiger partial charge is 0.497 e. The normalized spacial score (nSPS) is 15.0. The number of piperazine rings is 1. The highest BCUT2D eigenvalue weighted by Crippen LogP contribution is 2.20. The fraction of sp³-hybridized carbons (Fsp3) is 0.591. The Balaban J connectivity index is 1.49. The molecule has 0 amide bonds. The van der Waals surface area contributed by atoms with Gasteiger partial charge >= 0.3 is 0 Å². The maximum absolute atomic E-state index is 5.32. The number of aliphatic imine (C=N–C) groups is 1. The van der Waals surface area contributed by atoms with Gasteiger partial charge in [0.1, 0.15) is 5.75 Å². The van der Waals surface area contributed by atoms with E-state index in [0.29, 0.717) is 5.89 Å². The van der Waals surface area contributed by atoms with Crippen molar-refractivity contribution in [2.24, 2.45) is 4.99 Å². The van der Waals surface area contributed by atoms with E-state index >= 15 is 0 Å². The Kier molecular flexibility index (Phi) is 7.93. The van der Waals surface area contributed by atoms with Gasteiger partial charge in [-0.1, -0.05) is 19.0 Å². The molecule has 1 saturated heterocycles. The zero-order valence-electron chi connectivity index (χ0n) is 18.6. The van der Waals surface area contributed by atoms with Crippen molar-refractivity contribution < 1.29 is 9.26 Å². The van der Waals surface area contributed by atoms with Crippen LogP contribution in [0.4, 0.5) is 5.69 Å². The van der Waals surface area contributed by atoms with Crippen LogP contribution in [0.3, 0.4) is 0 Å². The first kappa shape index (κ1) is 21.9. The molecule has 2 heterocycles. The molecule has 1 aromatic carbocycles. The van der Waals surface area contributed by atoms with Crippen LogP contribution in [0.1, 0.15) is 44.8 Å². The Morgan fingerprint density at radius 3 is 2.53 bits per heavy atom. The van der Waals surface area contributed by atoms with E-state index in [9.17, 15) is 0 Å². The number of benzene rings is 1. The Morgan fingerprint density at radius 2 is 1.93 bits per heavy atom. The number of hydrogen-bond acceptors (Lipinski definition) is 6. The molecule has 0 atom stereocenters. The Hall–Kier alpha value is -2.77. The maximum atomic E-state index is 5.32. The summed E-state index contributed by atoms with van der Waals surface area (Å²) in [6, 6.07) is 8.27. The minimum absolute atomic E-state index is 0.289. The fourth-order valence-electron chi connectivity index (χ4n) is 3.41. The highest BCUT2D eigenvalue weighted by molar-refractivity contribution is 5.80. The van der Waals surface area contributed by atoms with Crippen molar-refractivity contribution in [2.45, 2.75) is 39.5 Å². The van der Waals surface area contributed by atoms with Crippen molar-refractivity contribution in [1.29, 1.82) is 0 Å². The molecule has 8 heteroatoms. The van der Waals surface area contributed by atoms with Gasteiger partial charge < -0.3 is 24.4 Å². The molecule has 3 rings (SSSR count). The predicted octanol–water partition coefficient (Wildman–Crippen LogP) is 2.92. The summed E-state index contributed by atoms with van der Waals surface area (Å²) in [6.07, 6.45) is 1.65. The number of nitrogens with one attached hydrogen (secondary N) is 1. The number of ether oxygens (including phenoxy) is 1. The quantitative estimate of drug-likeness (QED) is 0.404. The van der Waals surface area contributed by atoms with Gasteiger partial charge in [0.2, 0.25) is 5.89 Å². The second kappa shape index (κ2) is 10.8. The monoisotopic (exact) mass is 414 g/mol. The molecule has 2 aromatic rings. The molecule has 0 unspecified atom stereocenters. The van der Waals surface area contributed by atoms with Gasteiger partial charge in [0, 0.05) is 57.3 Å². The van der Waals surface area contributed by atoms with E-state index in [0.717, 1.165) is 69.6 Å². The van der Waals surface area contributed by atoms with Crippen LogP contribution in [0.2, 0.25) is 0 Å². The van der Waals surface area contributed by atoms with Crippen molar-refractivity contribution in [3.05, 3.63) is 36.0 Å². The molecule has 164 valence electrons. The van der Waals surface area contributed by atoms with Crippen LogP contribution in [0, 0.1) is 0 Å². The number of aryl methyl sites for hydroxylation is 1. The third-order valence-electron chi connectivity index (χ3n) is 5.16. The average molecular weight is 415 g/mol. The van der Waals surface area contributed by atoms with E-state index in [1.54, 1.807) is 7.11 Å². The highest BCUT2D eigenvalue weighted by Gasteiger charge is 2.20. The van der Waals surface area contributed by atoms with E-state index in [4.69, 9.17) is 14.3 Å². The Labute approximate surface area is 179 Å². The minimum atomic E-state index is 0.289. The Morgan fingerprint density at radius 1 is 1.20 bits per heavy atom. The second-order valence-corrected chi connectivity index (χ2v) is 7.71. The van der Waals surface area contributed by atoms with Gasteiger partial charge in [0.15, 0.2) is 11.8 Å². The van der Waals surface area contributed by atoms with Crippen molar-refractivity contribution in [3.8, 4) is 5.75 Å². The van der Waals surface area contributed by atoms with E-state index in [1.807, 2.05) is 12.1 Å². The molecule has 1 fully saturated rings.